The van der Waals surface area contributed by atoms with Crippen LogP contribution in [0.4, 0.5) is 0 Å². The fraction of sp³-hybridized carbons (Fsp3) is 0.200. The summed E-state index contributed by atoms with van der Waals surface area (Å²) in [5.41, 5.74) is 1.71. The first-order valence-electron chi connectivity index (χ1n) is 5.98. The van der Waals surface area contributed by atoms with Gasteiger partial charge in [-0.25, -0.2) is 9.78 Å². The minimum atomic E-state index is -0.521. The van der Waals surface area contributed by atoms with E-state index in [-0.39, 0.29) is 11.4 Å². The Morgan fingerprint density at radius 1 is 1.05 bits per heavy atom. The third-order valence-corrected chi connectivity index (χ3v) is 2.82. The summed E-state index contributed by atoms with van der Waals surface area (Å²) in [5.74, 6) is 0.168. The Bertz CT molecular complexity index is 611. The summed E-state index contributed by atoms with van der Waals surface area (Å²) >= 11 is 0. The molecule has 2 rings (SSSR count). The van der Waals surface area contributed by atoms with Gasteiger partial charge < -0.3 is 14.2 Å². The molecule has 0 N–H and O–H groups in total. The molecular weight excluding hydrogens is 258 g/mol. The maximum atomic E-state index is 11.7. The van der Waals surface area contributed by atoms with Crippen molar-refractivity contribution in [1.29, 1.82) is 0 Å². The molecule has 2 aromatic rings. The number of carbonyl (C=O) groups is 1. The molecule has 0 amide bonds. The summed E-state index contributed by atoms with van der Waals surface area (Å²) in [5, 5.41) is 0. The van der Waals surface area contributed by atoms with Crippen molar-refractivity contribution in [3.63, 3.8) is 0 Å². The highest BCUT2D eigenvalue weighted by atomic mass is 16.5. The zero-order valence-electron chi connectivity index (χ0n) is 11.5. The van der Waals surface area contributed by atoms with Gasteiger partial charge in [-0.15, -0.1) is 0 Å². The van der Waals surface area contributed by atoms with Crippen molar-refractivity contribution >= 4 is 5.97 Å². The molecule has 1 aromatic carbocycles. The van der Waals surface area contributed by atoms with Gasteiger partial charge in [-0.05, 0) is 0 Å². The second kappa shape index (κ2) is 6.06. The van der Waals surface area contributed by atoms with Crippen LogP contribution in [0, 0.1) is 0 Å². The number of hydrogen-bond donors (Lipinski definition) is 0. The van der Waals surface area contributed by atoms with Gasteiger partial charge in [0.25, 0.3) is 0 Å². The summed E-state index contributed by atoms with van der Waals surface area (Å²) in [6, 6.07) is 11.1. The number of rotatable bonds is 4. The molecule has 0 radical (unpaired) electrons. The highest BCUT2D eigenvalue weighted by Gasteiger charge is 2.19. The van der Waals surface area contributed by atoms with Crippen molar-refractivity contribution in [2.75, 3.05) is 21.3 Å². The molecule has 0 unspecified atom stereocenters. The molecule has 0 atom stereocenters. The lowest BCUT2D eigenvalue weighted by molar-refractivity contribution is 0.0595. The average Bonchev–Trinajstić information content (AvgIpc) is 2.53. The topological polar surface area (TPSA) is 57.7 Å². The monoisotopic (exact) mass is 273 g/mol. The van der Waals surface area contributed by atoms with Gasteiger partial charge in [-0.1, -0.05) is 30.3 Å². The molecule has 0 fully saturated rings. The zero-order chi connectivity index (χ0) is 14.5. The Morgan fingerprint density at radius 2 is 1.75 bits per heavy atom. The molecule has 5 nitrogen and oxygen atoms in total. The van der Waals surface area contributed by atoms with Crippen molar-refractivity contribution in [2.24, 2.45) is 0 Å². The number of methoxy groups -OCH3 is 3. The van der Waals surface area contributed by atoms with E-state index in [1.54, 1.807) is 6.07 Å². The number of benzene rings is 1. The Hall–Kier alpha value is -2.56. The van der Waals surface area contributed by atoms with Gasteiger partial charge in [0, 0.05) is 11.6 Å². The molecule has 1 aromatic heterocycles. The minimum Gasteiger partial charge on any atom is -0.494 e. The fourth-order valence-electron chi connectivity index (χ4n) is 1.85. The third-order valence-electron chi connectivity index (χ3n) is 2.82. The first-order chi connectivity index (χ1) is 9.71. The van der Waals surface area contributed by atoms with Crippen LogP contribution in [0.1, 0.15) is 10.4 Å². The Kier molecular flexibility index (Phi) is 4.20. The minimum absolute atomic E-state index is 0.205. The van der Waals surface area contributed by atoms with Gasteiger partial charge in [0.1, 0.15) is 17.0 Å². The lowest BCUT2D eigenvalue weighted by Crippen LogP contribution is -2.07. The molecule has 20 heavy (non-hydrogen) atoms. The molecule has 0 saturated carbocycles. The van der Waals surface area contributed by atoms with Gasteiger partial charge >= 0.3 is 5.97 Å². The molecule has 0 aliphatic carbocycles. The van der Waals surface area contributed by atoms with Gasteiger partial charge in [-0.3, -0.25) is 0 Å². The van der Waals surface area contributed by atoms with Crippen molar-refractivity contribution in [1.82, 2.24) is 4.98 Å². The predicted molar refractivity (Wildman–Crippen MR) is 74.1 cm³/mol. The Balaban J connectivity index is 2.62. The zero-order valence-corrected chi connectivity index (χ0v) is 11.5. The van der Waals surface area contributed by atoms with Crippen LogP contribution in [0.25, 0.3) is 11.3 Å². The van der Waals surface area contributed by atoms with E-state index in [2.05, 4.69) is 4.98 Å². The first kappa shape index (κ1) is 13.9. The third kappa shape index (κ3) is 2.56. The van der Waals surface area contributed by atoms with Gasteiger partial charge in [0.05, 0.1) is 21.3 Å². The summed E-state index contributed by atoms with van der Waals surface area (Å²) in [6.07, 6.45) is 0. The van der Waals surface area contributed by atoms with Crippen LogP contribution in [0.2, 0.25) is 0 Å². The molecule has 0 spiro atoms. The number of hydrogen-bond acceptors (Lipinski definition) is 5. The molecule has 1 heterocycles. The quantitative estimate of drug-likeness (QED) is 0.801. The van der Waals surface area contributed by atoms with Crippen LogP contribution in [-0.2, 0) is 4.74 Å². The standard InChI is InChI=1S/C15H15NO4/c1-18-12-9-11(15(17)20-3)14(19-2)16-13(12)10-7-5-4-6-8-10/h4-9H,1-3H3. The predicted octanol–water partition coefficient (Wildman–Crippen LogP) is 2.55. The molecule has 104 valence electrons. The van der Waals surface area contributed by atoms with E-state index in [0.29, 0.717) is 11.4 Å². The molecule has 5 heteroatoms. The van der Waals surface area contributed by atoms with Crippen LogP contribution in [0.3, 0.4) is 0 Å². The normalized spacial score (nSPS) is 9.95. The van der Waals surface area contributed by atoms with Gasteiger partial charge in [-0.2, -0.15) is 0 Å². The first-order valence-corrected chi connectivity index (χ1v) is 5.98. The molecule has 0 saturated heterocycles. The van der Waals surface area contributed by atoms with E-state index in [0.717, 1.165) is 5.56 Å². The summed E-state index contributed by atoms with van der Waals surface area (Å²) in [7, 11) is 4.28. The van der Waals surface area contributed by atoms with E-state index in [4.69, 9.17) is 14.2 Å². The number of ether oxygens (including phenoxy) is 3. The Labute approximate surface area is 117 Å². The number of carbonyl (C=O) groups excluding carboxylic acids is 1. The highest BCUT2D eigenvalue weighted by Crippen LogP contribution is 2.32. The summed E-state index contributed by atoms with van der Waals surface area (Å²) < 4.78 is 15.2. The number of esters is 1. The number of nitrogens with zero attached hydrogens (tertiary/aromatic N) is 1. The van der Waals surface area contributed by atoms with Gasteiger partial charge in [0.2, 0.25) is 5.88 Å². The smallest absolute Gasteiger partial charge is 0.343 e. The van der Waals surface area contributed by atoms with Crippen LogP contribution in [0.15, 0.2) is 36.4 Å². The second-order valence-corrected chi connectivity index (χ2v) is 3.95. The van der Waals surface area contributed by atoms with Crippen LogP contribution < -0.4 is 9.47 Å². The van der Waals surface area contributed by atoms with E-state index in [1.165, 1.54) is 21.3 Å². The average molecular weight is 273 g/mol. The fourth-order valence-corrected chi connectivity index (χ4v) is 1.85. The van der Waals surface area contributed by atoms with E-state index >= 15 is 0 Å². The van der Waals surface area contributed by atoms with Crippen molar-refractivity contribution in [3.05, 3.63) is 42.0 Å². The van der Waals surface area contributed by atoms with Crippen molar-refractivity contribution in [3.8, 4) is 22.9 Å². The maximum absolute atomic E-state index is 11.7. The van der Waals surface area contributed by atoms with Crippen molar-refractivity contribution in [2.45, 2.75) is 0 Å². The summed E-state index contributed by atoms with van der Waals surface area (Å²) in [4.78, 5) is 16.1. The van der Waals surface area contributed by atoms with Gasteiger partial charge in [0.15, 0.2) is 0 Å². The summed E-state index contributed by atoms with van der Waals surface area (Å²) in [6.45, 7) is 0. The van der Waals surface area contributed by atoms with E-state index in [9.17, 15) is 4.79 Å². The molecule has 0 bridgehead atoms. The Morgan fingerprint density at radius 3 is 2.30 bits per heavy atom. The SMILES string of the molecule is COC(=O)c1cc(OC)c(-c2ccccc2)nc1OC. The van der Waals surface area contributed by atoms with E-state index < -0.39 is 5.97 Å². The lowest BCUT2D eigenvalue weighted by atomic mass is 10.1. The molecular formula is C15H15NO4. The van der Waals surface area contributed by atoms with Crippen LogP contribution in [0.5, 0.6) is 11.6 Å². The molecule has 0 aliphatic rings. The number of pyridine rings is 1. The van der Waals surface area contributed by atoms with Crippen molar-refractivity contribution < 1.29 is 19.0 Å². The largest absolute Gasteiger partial charge is 0.494 e. The highest BCUT2D eigenvalue weighted by molar-refractivity contribution is 5.93. The van der Waals surface area contributed by atoms with E-state index in [1.807, 2.05) is 30.3 Å². The van der Waals surface area contributed by atoms with Crippen LogP contribution in [-0.4, -0.2) is 32.3 Å². The maximum Gasteiger partial charge on any atom is 0.343 e. The molecule has 0 aliphatic heterocycles. The second-order valence-electron chi connectivity index (χ2n) is 3.95. The lowest BCUT2D eigenvalue weighted by Gasteiger charge is -2.12. The van der Waals surface area contributed by atoms with Crippen LogP contribution >= 0.6 is 0 Å². The number of aromatic nitrogens is 1.